The van der Waals surface area contributed by atoms with Gasteiger partial charge in [-0.05, 0) is 78.7 Å². The van der Waals surface area contributed by atoms with Crippen LogP contribution in [0.4, 0.5) is 0 Å². The van der Waals surface area contributed by atoms with E-state index in [1.165, 1.54) is 27.8 Å². The molecule has 0 spiro atoms. The standard InChI is InChI=1S/C33H38O2/c1-23(12-9-14-25(3)21-28-16-10-15-26(4)22-28)11-8-13-24(2)19-20-29-27(5)32(34)30-17-6-7-18-31(30)33(29)35/h6-7,10-11,14-19,22H,8-9,12-13,20-21H2,1-5H3/b23-11+,24-19+,25-14+. The van der Waals surface area contributed by atoms with Crippen LogP contribution in [0.3, 0.4) is 0 Å². The molecule has 1 aliphatic rings. The Hall–Kier alpha value is -3.26. The van der Waals surface area contributed by atoms with Crippen molar-refractivity contribution in [3.63, 3.8) is 0 Å². The average molecular weight is 467 g/mol. The van der Waals surface area contributed by atoms with E-state index < -0.39 is 0 Å². The van der Waals surface area contributed by atoms with Crippen LogP contribution in [0.5, 0.6) is 0 Å². The molecule has 0 saturated heterocycles. The van der Waals surface area contributed by atoms with Crippen molar-refractivity contribution in [1.82, 2.24) is 0 Å². The van der Waals surface area contributed by atoms with Crippen LogP contribution in [0.25, 0.3) is 0 Å². The Morgan fingerprint density at radius 3 is 1.97 bits per heavy atom. The lowest BCUT2D eigenvalue weighted by molar-refractivity contribution is 0.0973. The third kappa shape index (κ3) is 7.36. The first-order valence-electron chi connectivity index (χ1n) is 12.7. The van der Waals surface area contributed by atoms with Crippen LogP contribution in [0.15, 0.2) is 94.6 Å². The summed E-state index contributed by atoms with van der Waals surface area (Å²) < 4.78 is 0. The summed E-state index contributed by atoms with van der Waals surface area (Å²) in [6.45, 7) is 10.5. The van der Waals surface area contributed by atoms with Crippen molar-refractivity contribution in [2.24, 2.45) is 0 Å². The predicted molar refractivity (Wildman–Crippen MR) is 147 cm³/mol. The average Bonchev–Trinajstić information content (AvgIpc) is 2.82. The molecule has 3 rings (SSSR count). The van der Waals surface area contributed by atoms with E-state index in [1.807, 2.05) is 12.1 Å². The maximum Gasteiger partial charge on any atom is 0.190 e. The number of fused-ring (bicyclic) bond motifs is 1. The molecule has 0 amide bonds. The second-order valence-corrected chi connectivity index (χ2v) is 9.91. The minimum absolute atomic E-state index is 0.0109. The van der Waals surface area contributed by atoms with Crippen molar-refractivity contribution in [3.05, 3.63) is 117 Å². The van der Waals surface area contributed by atoms with Crippen LogP contribution in [-0.4, -0.2) is 11.6 Å². The van der Waals surface area contributed by atoms with Gasteiger partial charge in [-0.15, -0.1) is 0 Å². The third-order valence-corrected chi connectivity index (χ3v) is 6.77. The lowest BCUT2D eigenvalue weighted by Crippen LogP contribution is -2.20. The largest absolute Gasteiger partial charge is 0.289 e. The number of hydrogen-bond donors (Lipinski definition) is 0. The fourth-order valence-electron chi connectivity index (χ4n) is 4.59. The molecule has 0 radical (unpaired) electrons. The topological polar surface area (TPSA) is 34.1 Å². The van der Waals surface area contributed by atoms with E-state index in [4.69, 9.17) is 0 Å². The summed E-state index contributed by atoms with van der Waals surface area (Å²) >= 11 is 0. The number of aryl methyl sites for hydroxylation is 1. The molecule has 0 saturated carbocycles. The molecular weight excluding hydrogens is 428 g/mol. The van der Waals surface area contributed by atoms with Gasteiger partial charge in [0.2, 0.25) is 0 Å². The summed E-state index contributed by atoms with van der Waals surface area (Å²) in [5.41, 5.74) is 9.06. The Kier molecular flexibility index (Phi) is 9.37. The van der Waals surface area contributed by atoms with Gasteiger partial charge in [-0.25, -0.2) is 0 Å². The molecule has 2 nitrogen and oxygen atoms in total. The molecule has 0 aromatic heterocycles. The number of hydrogen-bond acceptors (Lipinski definition) is 2. The van der Waals surface area contributed by atoms with E-state index in [0.717, 1.165) is 32.1 Å². The predicted octanol–water partition coefficient (Wildman–Crippen LogP) is 8.72. The highest BCUT2D eigenvalue weighted by Crippen LogP contribution is 2.28. The Bertz CT molecular complexity index is 1220. The van der Waals surface area contributed by atoms with Gasteiger partial charge in [0.15, 0.2) is 11.6 Å². The first-order chi connectivity index (χ1) is 16.8. The maximum absolute atomic E-state index is 12.9. The highest BCUT2D eigenvalue weighted by molar-refractivity contribution is 6.26. The number of ketones is 2. The quantitative estimate of drug-likeness (QED) is 0.328. The zero-order chi connectivity index (χ0) is 25.4. The van der Waals surface area contributed by atoms with Crippen LogP contribution in [0, 0.1) is 6.92 Å². The number of allylic oxidation sites excluding steroid dienone is 8. The van der Waals surface area contributed by atoms with Gasteiger partial charge in [-0.3, -0.25) is 9.59 Å². The highest BCUT2D eigenvalue weighted by atomic mass is 16.1. The smallest absolute Gasteiger partial charge is 0.190 e. The van der Waals surface area contributed by atoms with E-state index >= 15 is 0 Å². The van der Waals surface area contributed by atoms with Crippen LogP contribution in [-0.2, 0) is 6.42 Å². The van der Waals surface area contributed by atoms with Crippen molar-refractivity contribution in [3.8, 4) is 0 Å². The maximum atomic E-state index is 12.9. The number of benzene rings is 2. The molecule has 0 fully saturated rings. The van der Waals surface area contributed by atoms with Gasteiger partial charge in [0.1, 0.15) is 0 Å². The highest BCUT2D eigenvalue weighted by Gasteiger charge is 2.28. The van der Waals surface area contributed by atoms with Crippen molar-refractivity contribution < 1.29 is 9.59 Å². The summed E-state index contributed by atoms with van der Waals surface area (Å²) in [7, 11) is 0. The molecule has 2 aromatic carbocycles. The summed E-state index contributed by atoms with van der Waals surface area (Å²) in [4.78, 5) is 25.6. The van der Waals surface area contributed by atoms with Crippen LogP contribution < -0.4 is 0 Å². The molecule has 182 valence electrons. The van der Waals surface area contributed by atoms with Gasteiger partial charge in [0, 0.05) is 22.3 Å². The summed E-state index contributed by atoms with van der Waals surface area (Å²) in [6.07, 6.45) is 12.4. The second-order valence-electron chi connectivity index (χ2n) is 9.91. The van der Waals surface area contributed by atoms with Crippen molar-refractivity contribution in [1.29, 1.82) is 0 Å². The second kappa shape index (κ2) is 12.4. The normalized spacial score (nSPS) is 15.1. The van der Waals surface area contributed by atoms with E-state index in [2.05, 4.69) is 70.2 Å². The molecule has 2 heteroatoms. The SMILES string of the molecule is CC1=C(C/C=C(\C)CC/C=C(\C)CC/C=C(\C)Cc2cccc(C)c2)C(=O)c2ccccc2C1=O. The van der Waals surface area contributed by atoms with Gasteiger partial charge in [-0.2, -0.15) is 0 Å². The van der Waals surface area contributed by atoms with E-state index in [9.17, 15) is 9.59 Å². The van der Waals surface area contributed by atoms with E-state index in [1.54, 1.807) is 19.1 Å². The third-order valence-electron chi connectivity index (χ3n) is 6.77. The Morgan fingerprint density at radius 1 is 0.714 bits per heavy atom. The van der Waals surface area contributed by atoms with Crippen LogP contribution in [0.2, 0.25) is 0 Å². The first-order valence-corrected chi connectivity index (χ1v) is 12.7. The Balaban J connectivity index is 1.47. The van der Waals surface area contributed by atoms with Gasteiger partial charge in [0.05, 0.1) is 0 Å². The molecule has 0 aliphatic heterocycles. The molecule has 0 unspecified atom stereocenters. The molecule has 35 heavy (non-hydrogen) atoms. The van der Waals surface area contributed by atoms with Gasteiger partial charge in [0.25, 0.3) is 0 Å². The Labute approximate surface area is 211 Å². The van der Waals surface area contributed by atoms with E-state index in [0.29, 0.717) is 28.7 Å². The van der Waals surface area contributed by atoms with Crippen LogP contribution in [0.1, 0.15) is 91.6 Å². The molecule has 0 N–H and O–H groups in total. The lowest BCUT2D eigenvalue weighted by atomic mass is 9.83. The summed E-state index contributed by atoms with van der Waals surface area (Å²) in [6, 6.07) is 15.9. The molecule has 0 atom stereocenters. The zero-order valence-electron chi connectivity index (χ0n) is 21.9. The van der Waals surface area contributed by atoms with Gasteiger partial charge < -0.3 is 0 Å². The zero-order valence-corrected chi connectivity index (χ0v) is 21.9. The van der Waals surface area contributed by atoms with E-state index in [-0.39, 0.29) is 11.6 Å². The summed E-state index contributed by atoms with van der Waals surface area (Å²) in [5.74, 6) is -0.0359. The number of carbonyl (C=O) groups is 2. The van der Waals surface area contributed by atoms with Gasteiger partial charge in [-0.1, -0.05) is 89.0 Å². The number of rotatable bonds is 10. The monoisotopic (exact) mass is 466 g/mol. The number of Topliss-reactive ketones (excluding diaryl/α,β-unsaturated/α-hetero) is 2. The van der Waals surface area contributed by atoms with Crippen molar-refractivity contribution >= 4 is 11.6 Å². The molecule has 0 heterocycles. The molecule has 1 aliphatic carbocycles. The minimum Gasteiger partial charge on any atom is -0.289 e. The Morgan fingerprint density at radius 2 is 1.31 bits per heavy atom. The molecular formula is C33H38O2. The van der Waals surface area contributed by atoms with Crippen molar-refractivity contribution in [2.75, 3.05) is 0 Å². The lowest BCUT2D eigenvalue weighted by Gasteiger charge is -2.18. The molecule has 0 bridgehead atoms. The fraction of sp³-hybridized carbons (Fsp3) is 0.333. The van der Waals surface area contributed by atoms with Crippen molar-refractivity contribution in [2.45, 2.75) is 73.1 Å². The number of carbonyl (C=O) groups excluding carboxylic acids is 2. The first kappa shape index (κ1) is 26.3. The summed E-state index contributed by atoms with van der Waals surface area (Å²) in [5, 5.41) is 0. The minimum atomic E-state index is -0.0250. The van der Waals surface area contributed by atoms with Crippen LogP contribution >= 0.6 is 0 Å². The van der Waals surface area contributed by atoms with Gasteiger partial charge >= 0.3 is 0 Å². The molecule has 2 aromatic rings. The fourth-order valence-corrected chi connectivity index (χ4v) is 4.59.